The van der Waals surface area contributed by atoms with Crippen LogP contribution >= 0.6 is 0 Å². The van der Waals surface area contributed by atoms with Gasteiger partial charge in [-0.05, 0) is 51.0 Å². The Kier molecular flexibility index (Phi) is 9.29. The number of carbonyl (C=O) groups excluding carboxylic acids is 3. The first-order valence-corrected chi connectivity index (χ1v) is 11.4. The molecule has 0 aromatic heterocycles. The Hall–Kier alpha value is -2.83. The molecule has 0 bridgehead atoms. The molecule has 7 nitrogen and oxygen atoms in total. The van der Waals surface area contributed by atoms with E-state index in [1.807, 2.05) is 43.0 Å². The molecule has 1 aliphatic rings. The number of rotatable bonds is 11. The first kappa shape index (κ1) is 25.4. The number of hydrogen-bond donors (Lipinski definition) is 0. The molecule has 0 amide bonds. The summed E-state index contributed by atoms with van der Waals surface area (Å²) in [6.45, 7) is 7.86. The highest BCUT2D eigenvalue weighted by atomic mass is 16.5. The number of ketones is 1. The highest BCUT2D eigenvalue weighted by Crippen LogP contribution is 2.43. The Balaban J connectivity index is 2.72. The standard InChI is InChI=1S/C25H35NO6/c1-6-10-21-20(23(28)31-8-3)16-25(22(27)11-7-2,24(29)32-9-4)17-26(21)18-12-14-19(30-5)15-13-18/h12-15H,6-11,16-17H2,1-5H3. The number of hydrogen-bond acceptors (Lipinski definition) is 7. The minimum atomic E-state index is -1.47. The van der Waals surface area contributed by atoms with Gasteiger partial charge in [-0.3, -0.25) is 9.59 Å². The van der Waals surface area contributed by atoms with Crippen LogP contribution < -0.4 is 9.64 Å². The molecular weight excluding hydrogens is 410 g/mol. The van der Waals surface area contributed by atoms with Gasteiger partial charge in [0.1, 0.15) is 11.2 Å². The zero-order valence-corrected chi connectivity index (χ0v) is 19.9. The summed E-state index contributed by atoms with van der Waals surface area (Å²) in [6.07, 6.45) is 2.23. The van der Waals surface area contributed by atoms with Gasteiger partial charge in [-0.1, -0.05) is 20.3 Å². The molecule has 2 rings (SSSR count). The average molecular weight is 446 g/mol. The van der Waals surface area contributed by atoms with Crippen LogP contribution in [0, 0.1) is 5.41 Å². The zero-order chi connectivity index (χ0) is 23.7. The minimum absolute atomic E-state index is 0.00844. The van der Waals surface area contributed by atoms with Gasteiger partial charge in [0.2, 0.25) is 0 Å². The first-order chi connectivity index (χ1) is 15.4. The number of Topliss-reactive ketones (excluding diaryl/α,β-unsaturated/α-hetero) is 1. The van der Waals surface area contributed by atoms with Crippen molar-refractivity contribution in [3.63, 3.8) is 0 Å². The third kappa shape index (κ3) is 5.31. The molecule has 0 radical (unpaired) electrons. The molecule has 1 aromatic rings. The van der Waals surface area contributed by atoms with Crippen molar-refractivity contribution in [1.82, 2.24) is 0 Å². The molecule has 32 heavy (non-hydrogen) atoms. The van der Waals surface area contributed by atoms with Crippen molar-refractivity contribution in [2.75, 3.05) is 31.8 Å². The van der Waals surface area contributed by atoms with Crippen LogP contribution in [-0.4, -0.2) is 44.6 Å². The minimum Gasteiger partial charge on any atom is -0.497 e. The lowest BCUT2D eigenvalue weighted by molar-refractivity contribution is -0.160. The number of methoxy groups -OCH3 is 1. The van der Waals surface area contributed by atoms with Gasteiger partial charge in [0.15, 0.2) is 5.78 Å². The second kappa shape index (κ2) is 11.7. The quantitative estimate of drug-likeness (QED) is 0.368. The predicted octanol–water partition coefficient (Wildman–Crippen LogP) is 4.44. The van der Waals surface area contributed by atoms with Crippen LogP contribution in [0.5, 0.6) is 5.75 Å². The number of anilines is 1. The summed E-state index contributed by atoms with van der Waals surface area (Å²) in [4.78, 5) is 41.5. The van der Waals surface area contributed by atoms with Crippen LogP contribution in [0.25, 0.3) is 0 Å². The van der Waals surface area contributed by atoms with Crippen molar-refractivity contribution in [2.24, 2.45) is 5.41 Å². The molecular formula is C25H35NO6. The Bertz CT molecular complexity index is 824. The lowest BCUT2D eigenvalue weighted by atomic mass is 9.72. The van der Waals surface area contributed by atoms with Gasteiger partial charge in [0, 0.05) is 30.8 Å². The smallest absolute Gasteiger partial charge is 0.335 e. The third-order valence-electron chi connectivity index (χ3n) is 5.65. The summed E-state index contributed by atoms with van der Waals surface area (Å²) in [6, 6.07) is 7.36. The summed E-state index contributed by atoms with van der Waals surface area (Å²) in [5.41, 5.74) is 0.452. The van der Waals surface area contributed by atoms with E-state index in [-0.39, 0.29) is 38.4 Å². The maximum Gasteiger partial charge on any atom is 0.335 e. The van der Waals surface area contributed by atoms with E-state index in [0.717, 1.165) is 17.8 Å². The summed E-state index contributed by atoms with van der Waals surface area (Å²) in [7, 11) is 1.59. The molecule has 1 aromatic carbocycles. The van der Waals surface area contributed by atoms with Crippen LogP contribution in [0.1, 0.15) is 59.8 Å². The molecule has 1 heterocycles. The molecule has 0 saturated heterocycles. The second-order valence-electron chi connectivity index (χ2n) is 7.83. The van der Waals surface area contributed by atoms with E-state index in [4.69, 9.17) is 14.2 Å². The lowest BCUT2D eigenvalue weighted by Gasteiger charge is -2.43. The molecule has 176 valence electrons. The highest BCUT2D eigenvalue weighted by Gasteiger charge is 2.52. The van der Waals surface area contributed by atoms with Crippen LogP contribution in [0.2, 0.25) is 0 Å². The Morgan fingerprint density at radius 2 is 1.62 bits per heavy atom. The maximum atomic E-state index is 13.4. The molecule has 0 aliphatic carbocycles. The van der Waals surface area contributed by atoms with Crippen LogP contribution in [0.4, 0.5) is 5.69 Å². The van der Waals surface area contributed by atoms with Crippen LogP contribution in [0.15, 0.2) is 35.5 Å². The van der Waals surface area contributed by atoms with Crippen molar-refractivity contribution in [2.45, 2.75) is 59.8 Å². The largest absolute Gasteiger partial charge is 0.497 e. The fraction of sp³-hybridized carbons (Fsp3) is 0.560. The number of esters is 2. The van der Waals surface area contributed by atoms with Gasteiger partial charge in [-0.25, -0.2) is 4.79 Å². The van der Waals surface area contributed by atoms with Gasteiger partial charge >= 0.3 is 11.9 Å². The number of ether oxygens (including phenoxy) is 3. The van der Waals surface area contributed by atoms with E-state index in [0.29, 0.717) is 24.2 Å². The highest BCUT2D eigenvalue weighted by molar-refractivity contribution is 6.07. The molecule has 0 N–H and O–H groups in total. The Morgan fingerprint density at radius 3 is 2.16 bits per heavy atom. The molecule has 1 aliphatic heterocycles. The van der Waals surface area contributed by atoms with E-state index in [1.165, 1.54) is 0 Å². The van der Waals surface area contributed by atoms with Crippen molar-refractivity contribution >= 4 is 23.4 Å². The Morgan fingerprint density at radius 1 is 0.969 bits per heavy atom. The van der Waals surface area contributed by atoms with E-state index in [2.05, 4.69) is 0 Å². The normalized spacial score (nSPS) is 18.3. The molecule has 7 heteroatoms. The fourth-order valence-electron chi connectivity index (χ4n) is 4.10. The molecule has 0 fully saturated rings. The van der Waals surface area contributed by atoms with Crippen molar-refractivity contribution < 1.29 is 28.6 Å². The number of allylic oxidation sites excluding steroid dienone is 1. The van der Waals surface area contributed by atoms with E-state index >= 15 is 0 Å². The van der Waals surface area contributed by atoms with E-state index in [1.54, 1.807) is 21.0 Å². The summed E-state index contributed by atoms with van der Waals surface area (Å²) in [5, 5.41) is 0. The monoisotopic (exact) mass is 445 g/mol. The molecule has 0 saturated carbocycles. The lowest BCUT2D eigenvalue weighted by Crippen LogP contribution is -2.53. The van der Waals surface area contributed by atoms with Crippen LogP contribution in [-0.2, 0) is 23.9 Å². The molecule has 0 spiro atoms. The summed E-state index contributed by atoms with van der Waals surface area (Å²) < 4.78 is 16.0. The van der Waals surface area contributed by atoms with Crippen LogP contribution in [0.3, 0.4) is 0 Å². The van der Waals surface area contributed by atoms with Crippen molar-refractivity contribution in [3.05, 3.63) is 35.5 Å². The number of benzene rings is 1. The molecule has 1 unspecified atom stereocenters. The fourth-order valence-corrected chi connectivity index (χ4v) is 4.10. The zero-order valence-electron chi connectivity index (χ0n) is 19.9. The second-order valence-corrected chi connectivity index (χ2v) is 7.83. The van der Waals surface area contributed by atoms with Crippen molar-refractivity contribution in [1.29, 1.82) is 0 Å². The van der Waals surface area contributed by atoms with E-state index in [9.17, 15) is 14.4 Å². The number of nitrogens with zero attached hydrogens (tertiary/aromatic N) is 1. The summed E-state index contributed by atoms with van der Waals surface area (Å²) in [5.74, 6) is -0.605. The Labute approximate surface area is 190 Å². The maximum absolute atomic E-state index is 13.4. The van der Waals surface area contributed by atoms with Gasteiger partial charge in [0.05, 0.1) is 25.9 Å². The van der Waals surface area contributed by atoms with Crippen molar-refractivity contribution in [3.8, 4) is 5.75 Å². The van der Waals surface area contributed by atoms with Gasteiger partial charge in [-0.2, -0.15) is 0 Å². The first-order valence-electron chi connectivity index (χ1n) is 11.4. The SMILES string of the molecule is CCCC(=O)C1(C(=O)OCC)CC(C(=O)OCC)=C(CCC)N(c2ccc(OC)cc2)C1. The summed E-state index contributed by atoms with van der Waals surface area (Å²) >= 11 is 0. The average Bonchev–Trinajstić information content (AvgIpc) is 2.79. The topological polar surface area (TPSA) is 82.1 Å². The van der Waals surface area contributed by atoms with Gasteiger partial charge < -0.3 is 19.1 Å². The predicted molar refractivity (Wildman–Crippen MR) is 123 cm³/mol. The van der Waals surface area contributed by atoms with Gasteiger partial charge in [-0.15, -0.1) is 0 Å². The third-order valence-corrected chi connectivity index (χ3v) is 5.65. The molecule has 1 atom stereocenters. The van der Waals surface area contributed by atoms with E-state index < -0.39 is 17.4 Å². The van der Waals surface area contributed by atoms with Gasteiger partial charge in [0.25, 0.3) is 0 Å². The number of carbonyl (C=O) groups is 3.